The Labute approximate surface area is 134 Å². The second-order valence-electron chi connectivity index (χ2n) is 5.02. The number of hydrogen-bond acceptors (Lipinski definition) is 4. The summed E-state index contributed by atoms with van der Waals surface area (Å²) in [7, 11) is -3.92. The quantitative estimate of drug-likeness (QED) is 0.671. The van der Waals surface area contributed by atoms with Gasteiger partial charge < -0.3 is 4.74 Å². The molecule has 2 aromatic rings. The van der Waals surface area contributed by atoms with Gasteiger partial charge in [0.05, 0.1) is 4.90 Å². The number of carbonyl (C=O) groups excluding carboxylic acids is 1. The van der Waals surface area contributed by atoms with E-state index in [0.29, 0.717) is 5.75 Å². The SMILES string of the molecule is Cc1ccc(OC(=O)CNS(=O)(=O)c2ccc(F)cc2C)cc1. The van der Waals surface area contributed by atoms with Crippen molar-refractivity contribution in [3.63, 3.8) is 0 Å². The van der Waals surface area contributed by atoms with Crippen LogP contribution in [0.15, 0.2) is 47.4 Å². The molecular formula is C16H16FNO4S. The van der Waals surface area contributed by atoms with Gasteiger partial charge in [-0.1, -0.05) is 17.7 Å². The van der Waals surface area contributed by atoms with E-state index in [1.165, 1.54) is 6.92 Å². The summed E-state index contributed by atoms with van der Waals surface area (Å²) < 4.78 is 44.4. The van der Waals surface area contributed by atoms with Crippen LogP contribution in [0.3, 0.4) is 0 Å². The first-order chi connectivity index (χ1) is 10.8. The van der Waals surface area contributed by atoms with Gasteiger partial charge in [0.25, 0.3) is 0 Å². The van der Waals surface area contributed by atoms with E-state index in [4.69, 9.17) is 4.74 Å². The summed E-state index contributed by atoms with van der Waals surface area (Å²) in [5, 5.41) is 0. The minimum Gasteiger partial charge on any atom is -0.426 e. The van der Waals surface area contributed by atoms with Crippen LogP contribution in [0.4, 0.5) is 4.39 Å². The molecule has 23 heavy (non-hydrogen) atoms. The number of aryl methyl sites for hydroxylation is 2. The molecule has 0 heterocycles. The Bertz CT molecular complexity index is 816. The number of esters is 1. The van der Waals surface area contributed by atoms with E-state index in [1.807, 2.05) is 6.92 Å². The van der Waals surface area contributed by atoms with Crippen LogP contribution in [0.5, 0.6) is 5.75 Å². The molecule has 7 heteroatoms. The molecule has 122 valence electrons. The number of sulfonamides is 1. The lowest BCUT2D eigenvalue weighted by molar-refractivity contribution is -0.133. The Morgan fingerprint density at radius 2 is 1.78 bits per heavy atom. The molecule has 2 aromatic carbocycles. The van der Waals surface area contributed by atoms with Crippen molar-refractivity contribution in [1.82, 2.24) is 4.72 Å². The van der Waals surface area contributed by atoms with Crippen LogP contribution in [0.25, 0.3) is 0 Å². The van der Waals surface area contributed by atoms with E-state index in [0.717, 1.165) is 23.8 Å². The van der Waals surface area contributed by atoms with Crippen molar-refractivity contribution < 1.29 is 22.3 Å². The van der Waals surface area contributed by atoms with E-state index in [-0.39, 0.29) is 10.5 Å². The predicted molar refractivity (Wildman–Crippen MR) is 83.1 cm³/mol. The molecule has 1 N–H and O–H groups in total. The summed E-state index contributed by atoms with van der Waals surface area (Å²) >= 11 is 0. The zero-order valence-corrected chi connectivity index (χ0v) is 13.5. The topological polar surface area (TPSA) is 72.5 Å². The minimum atomic E-state index is -3.92. The Morgan fingerprint density at radius 3 is 2.39 bits per heavy atom. The second kappa shape index (κ2) is 6.89. The summed E-state index contributed by atoms with van der Waals surface area (Å²) in [5.74, 6) is -0.935. The van der Waals surface area contributed by atoms with Gasteiger partial charge in [0.2, 0.25) is 10.0 Å². The first-order valence-corrected chi connectivity index (χ1v) is 8.29. The monoisotopic (exact) mass is 337 g/mol. The van der Waals surface area contributed by atoms with Crippen molar-refractivity contribution in [1.29, 1.82) is 0 Å². The summed E-state index contributed by atoms with van der Waals surface area (Å²) in [6.07, 6.45) is 0. The zero-order valence-electron chi connectivity index (χ0n) is 12.7. The van der Waals surface area contributed by atoms with E-state index in [2.05, 4.69) is 4.72 Å². The first kappa shape index (κ1) is 17.1. The highest BCUT2D eigenvalue weighted by Crippen LogP contribution is 2.16. The maximum Gasteiger partial charge on any atom is 0.326 e. The smallest absolute Gasteiger partial charge is 0.326 e. The Balaban J connectivity index is 2.01. The number of ether oxygens (including phenoxy) is 1. The number of rotatable bonds is 5. The molecule has 0 saturated heterocycles. The largest absolute Gasteiger partial charge is 0.426 e. The second-order valence-corrected chi connectivity index (χ2v) is 6.76. The maximum absolute atomic E-state index is 13.0. The molecule has 0 bridgehead atoms. The summed E-state index contributed by atoms with van der Waals surface area (Å²) in [6.45, 7) is 2.85. The average molecular weight is 337 g/mol. The normalized spacial score (nSPS) is 11.3. The first-order valence-electron chi connectivity index (χ1n) is 6.81. The average Bonchev–Trinajstić information content (AvgIpc) is 2.47. The molecule has 0 saturated carbocycles. The van der Waals surface area contributed by atoms with Gasteiger partial charge in [-0.05, 0) is 49.7 Å². The zero-order chi connectivity index (χ0) is 17.0. The van der Waals surface area contributed by atoms with Crippen LogP contribution in [0, 0.1) is 19.7 Å². The van der Waals surface area contributed by atoms with E-state index >= 15 is 0 Å². The van der Waals surface area contributed by atoms with Gasteiger partial charge in [-0.25, -0.2) is 12.8 Å². The van der Waals surface area contributed by atoms with Gasteiger partial charge in [-0.15, -0.1) is 0 Å². The van der Waals surface area contributed by atoms with Gasteiger partial charge in [0.15, 0.2) is 0 Å². The molecule has 0 amide bonds. The van der Waals surface area contributed by atoms with Crippen molar-refractivity contribution in [3.8, 4) is 5.75 Å². The summed E-state index contributed by atoms with van der Waals surface area (Å²) in [6, 6.07) is 10.1. The molecule has 0 aliphatic rings. The lowest BCUT2D eigenvalue weighted by atomic mass is 10.2. The highest BCUT2D eigenvalue weighted by atomic mass is 32.2. The minimum absolute atomic E-state index is 0.0814. The fourth-order valence-corrected chi connectivity index (χ4v) is 3.11. The fourth-order valence-electron chi connectivity index (χ4n) is 1.92. The summed E-state index contributed by atoms with van der Waals surface area (Å²) in [4.78, 5) is 11.6. The molecule has 5 nitrogen and oxygen atoms in total. The Morgan fingerprint density at radius 1 is 1.13 bits per heavy atom. The van der Waals surface area contributed by atoms with Crippen LogP contribution >= 0.6 is 0 Å². The Hall–Kier alpha value is -2.25. The van der Waals surface area contributed by atoms with Gasteiger partial charge in [-0.3, -0.25) is 4.79 Å². The highest BCUT2D eigenvalue weighted by Gasteiger charge is 2.19. The van der Waals surface area contributed by atoms with Crippen molar-refractivity contribution in [2.75, 3.05) is 6.54 Å². The molecule has 0 atom stereocenters. The van der Waals surface area contributed by atoms with Crippen LogP contribution < -0.4 is 9.46 Å². The van der Waals surface area contributed by atoms with Crippen molar-refractivity contribution >= 4 is 16.0 Å². The third-order valence-corrected chi connectivity index (χ3v) is 4.65. The van der Waals surface area contributed by atoms with Crippen LogP contribution in [-0.4, -0.2) is 20.9 Å². The maximum atomic E-state index is 13.0. The molecule has 0 fully saturated rings. The van der Waals surface area contributed by atoms with Gasteiger partial charge in [0.1, 0.15) is 18.1 Å². The molecule has 0 unspecified atom stereocenters. The number of halogens is 1. The Kier molecular flexibility index (Phi) is 5.12. The number of hydrogen-bond donors (Lipinski definition) is 1. The lowest BCUT2D eigenvalue weighted by Crippen LogP contribution is -2.32. The third-order valence-electron chi connectivity index (χ3n) is 3.09. The molecule has 0 aromatic heterocycles. The van der Waals surface area contributed by atoms with Gasteiger partial charge in [-0.2, -0.15) is 4.72 Å². The number of nitrogens with one attached hydrogen (secondary N) is 1. The molecule has 2 rings (SSSR count). The van der Waals surface area contributed by atoms with Gasteiger partial charge in [0, 0.05) is 0 Å². The van der Waals surface area contributed by atoms with E-state index in [1.54, 1.807) is 24.3 Å². The molecule has 0 spiro atoms. The molecule has 0 aliphatic carbocycles. The number of benzene rings is 2. The molecule has 0 radical (unpaired) electrons. The van der Waals surface area contributed by atoms with Crippen molar-refractivity contribution in [2.45, 2.75) is 18.7 Å². The van der Waals surface area contributed by atoms with Gasteiger partial charge >= 0.3 is 5.97 Å². The number of carbonyl (C=O) groups is 1. The standard InChI is InChI=1S/C16H16FNO4S/c1-11-3-6-14(7-4-11)22-16(19)10-18-23(20,21)15-8-5-13(17)9-12(15)2/h3-9,18H,10H2,1-2H3. The third kappa shape index (κ3) is 4.61. The fraction of sp³-hybridized carbons (Fsp3) is 0.188. The highest BCUT2D eigenvalue weighted by molar-refractivity contribution is 7.89. The molecule has 0 aliphatic heterocycles. The van der Waals surface area contributed by atoms with Crippen molar-refractivity contribution in [3.05, 3.63) is 59.4 Å². The van der Waals surface area contributed by atoms with Crippen LogP contribution in [0.1, 0.15) is 11.1 Å². The van der Waals surface area contributed by atoms with Crippen LogP contribution in [-0.2, 0) is 14.8 Å². The predicted octanol–water partition coefficient (Wildman–Crippen LogP) is 2.33. The van der Waals surface area contributed by atoms with Crippen LogP contribution in [0.2, 0.25) is 0 Å². The molecular weight excluding hydrogens is 321 g/mol. The van der Waals surface area contributed by atoms with E-state index in [9.17, 15) is 17.6 Å². The van der Waals surface area contributed by atoms with Crippen molar-refractivity contribution in [2.24, 2.45) is 0 Å². The lowest BCUT2D eigenvalue weighted by Gasteiger charge is -2.09. The van der Waals surface area contributed by atoms with E-state index < -0.39 is 28.4 Å². The summed E-state index contributed by atoms with van der Waals surface area (Å²) in [5.41, 5.74) is 1.27.